The Kier molecular flexibility index (Phi) is 3.72. The number of aryl methyl sites for hydroxylation is 1. The maximum absolute atomic E-state index is 11.5. The minimum atomic E-state index is -0.429. The van der Waals surface area contributed by atoms with Crippen LogP contribution in [0.15, 0.2) is 18.5 Å². The number of nitro groups is 1. The lowest BCUT2D eigenvalue weighted by Crippen LogP contribution is -2.44. The number of hydrogen-bond acceptors (Lipinski definition) is 7. The summed E-state index contributed by atoms with van der Waals surface area (Å²) in [4.78, 5) is 15.5. The number of nitro benzene ring substituents is 1. The molecule has 3 heterocycles. The van der Waals surface area contributed by atoms with Crippen molar-refractivity contribution in [2.45, 2.75) is 0 Å². The molecule has 0 N–H and O–H groups in total. The number of nitrogens with zero attached hydrogens (tertiary/aromatic N) is 5. The van der Waals surface area contributed by atoms with E-state index >= 15 is 0 Å². The van der Waals surface area contributed by atoms with Gasteiger partial charge in [-0.1, -0.05) is 0 Å². The van der Waals surface area contributed by atoms with Crippen molar-refractivity contribution in [1.82, 2.24) is 14.7 Å². The smallest absolute Gasteiger partial charge is 0.315 e. The second-order valence-corrected chi connectivity index (χ2v) is 6.31. The number of fused-ring (bicyclic) bond motifs is 1. The number of aromatic nitrogens is 2. The van der Waals surface area contributed by atoms with Crippen molar-refractivity contribution in [2.24, 2.45) is 7.05 Å². The van der Waals surface area contributed by atoms with Crippen LogP contribution in [0.1, 0.15) is 0 Å². The van der Waals surface area contributed by atoms with Crippen molar-refractivity contribution < 1.29 is 14.4 Å². The predicted octanol–water partition coefficient (Wildman–Crippen LogP) is 1.48. The van der Waals surface area contributed by atoms with E-state index in [4.69, 9.17) is 9.47 Å². The van der Waals surface area contributed by atoms with Crippen LogP contribution in [0.5, 0.6) is 11.5 Å². The van der Waals surface area contributed by atoms with Gasteiger partial charge in [-0.25, -0.2) is 0 Å². The van der Waals surface area contributed by atoms with Crippen LogP contribution in [0.2, 0.25) is 0 Å². The summed E-state index contributed by atoms with van der Waals surface area (Å²) in [5.74, 6) is 0.671. The molecule has 0 radical (unpaired) electrons. The van der Waals surface area contributed by atoms with E-state index in [1.807, 2.05) is 13.2 Å². The number of rotatable bonds is 3. The minimum absolute atomic E-state index is 0.00654. The zero-order valence-electron chi connectivity index (χ0n) is 14.1. The van der Waals surface area contributed by atoms with Crippen molar-refractivity contribution >= 4 is 11.4 Å². The molecule has 132 valence electrons. The van der Waals surface area contributed by atoms with Gasteiger partial charge in [-0.15, -0.1) is 0 Å². The Morgan fingerprint density at radius 1 is 1.16 bits per heavy atom. The van der Waals surface area contributed by atoms with Crippen LogP contribution in [-0.2, 0) is 7.05 Å². The third kappa shape index (κ3) is 2.66. The number of likely N-dealkylation sites (N-methyl/N-ethyl adjacent to an activating group) is 1. The van der Waals surface area contributed by atoms with Gasteiger partial charge >= 0.3 is 5.69 Å². The molecule has 0 saturated carbocycles. The second kappa shape index (κ2) is 5.92. The van der Waals surface area contributed by atoms with Crippen LogP contribution in [-0.4, -0.2) is 59.6 Å². The summed E-state index contributed by atoms with van der Waals surface area (Å²) >= 11 is 0. The molecule has 25 heavy (non-hydrogen) atoms. The average molecular weight is 345 g/mol. The van der Waals surface area contributed by atoms with Crippen molar-refractivity contribution in [3.63, 3.8) is 0 Å². The van der Waals surface area contributed by atoms with Crippen LogP contribution >= 0.6 is 0 Å². The molecule has 0 aliphatic carbocycles. The molecule has 0 atom stereocenters. The van der Waals surface area contributed by atoms with E-state index in [9.17, 15) is 10.1 Å². The highest BCUT2D eigenvalue weighted by Gasteiger charge is 2.34. The van der Waals surface area contributed by atoms with E-state index < -0.39 is 4.92 Å². The summed E-state index contributed by atoms with van der Waals surface area (Å²) < 4.78 is 12.8. The molecule has 0 bridgehead atoms. The van der Waals surface area contributed by atoms with Crippen molar-refractivity contribution in [3.05, 3.63) is 28.6 Å². The normalized spacial score (nSPS) is 17.1. The number of anilines is 1. The Labute approximate surface area is 144 Å². The van der Waals surface area contributed by atoms with E-state index in [0.717, 1.165) is 43.0 Å². The second-order valence-electron chi connectivity index (χ2n) is 6.31. The molecule has 4 rings (SSSR count). The topological polar surface area (TPSA) is 85.9 Å². The van der Waals surface area contributed by atoms with E-state index in [1.165, 1.54) is 0 Å². The molecule has 0 amide bonds. The van der Waals surface area contributed by atoms with E-state index in [0.29, 0.717) is 5.75 Å². The largest absolute Gasteiger partial charge is 0.451 e. The van der Waals surface area contributed by atoms with Crippen LogP contribution < -0.4 is 14.4 Å². The van der Waals surface area contributed by atoms with E-state index in [-0.39, 0.29) is 18.2 Å². The van der Waals surface area contributed by atoms with Gasteiger partial charge < -0.3 is 19.3 Å². The zero-order chi connectivity index (χ0) is 17.6. The number of ether oxygens (including phenoxy) is 2. The van der Waals surface area contributed by atoms with Gasteiger partial charge in [-0.2, -0.15) is 5.10 Å². The molecule has 9 heteroatoms. The van der Waals surface area contributed by atoms with Crippen molar-refractivity contribution in [3.8, 4) is 22.6 Å². The standard InChI is InChI=1S/C16H19N5O4/c1-18-3-5-20(6-4-18)14-12(11-8-17-19(2)9-11)7-13(21(22)23)15-16(14)25-10-24-15/h7-9H,3-6,10H2,1-2H3. The van der Waals surface area contributed by atoms with Gasteiger partial charge in [0.1, 0.15) is 0 Å². The first-order valence-electron chi connectivity index (χ1n) is 8.08. The molecular weight excluding hydrogens is 326 g/mol. The molecular formula is C16H19N5O4. The highest BCUT2D eigenvalue weighted by atomic mass is 16.7. The van der Waals surface area contributed by atoms with Gasteiger partial charge in [0, 0.05) is 56.6 Å². The molecule has 1 aromatic heterocycles. The monoisotopic (exact) mass is 345 g/mol. The van der Waals surface area contributed by atoms with Gasteiger partial charge in [-0.3, -0.25) is 14.8 Å². The lowest BCUT2D eigenvalue weighted by molar-refractivity contribution is -0.385. The van der Waals surface area contributed by atoms with Crippen molar-refractivity contribution in [2.75, 3.05) is 44.9 Å². The molecule has 2 aliphatic rings. The zero-order valence-corrected chi connectivity index (χ0v) is 14.1. The number of hydrogen-bond donors (Lipinski definition) is 0. The molecule has 2 aromatic rings. The van der Waals surface area contributed by atoms with Gasteiger partial charge in [0.05, 0.1) is 16.8 Å². The Morgan fingerprint density at radius 2 is 1.88 bits per heavy atom. The summed E-state index contributed by atoms with van der Waals surface area (Å²) in [5, 5.41) is 15.7. The highest BCUT2D eigenvalue weighted by molar-refractivity contribution is 5.89. The molecule has 0 spiro atoms. The van der Waals surface area contributed by atoms with Gasteiger partial charge in [-0.05, 0) is 7.05 Å². The lowest BCUT2D eigenvalue weighted by Gasteiger charge is -2.35. The summed E-state index contributed by atoms with van der Waals surface area (Å²) in [7, 11) is 3.90. The summed E-state index contributed by atoms with van der Waals surface area (Å²) in [6, 6.07) is 1.57. The summed E-state index contributed by atoms with van der Waals surface area (Å²) in [6.45, 7) is 3.46. The summed E-state index contributed by atoms with van der Waals surface area (Å²) in [6.07, 6.45) is 3.56. The SMILES string of the molecule is CN1CCN(c2c(-c3cnn(C)c3)cc([N+](=O)[O-])c3c2OCO3)CC1. The first-order chi connectivity index (χ1) is 12.0. The van der Waals surface area contributed by atoms with Crippen LogP contribution in [0.3, 0.4) is 0 Å². The lowest BCUT2D eigenvalue weighted by atomic mass is 10.0. The Hall–Kier alpha value is -2.81. The Bertz CT molecular complexity index is 826. The first-order valence-corrected chi connectivity index (χ1v) is 8.08. The van der Waals surface area contributed by atoms with Crippen molar-refractivity contribution in [1.29, 1.82) is 0 Å². The third-order valence-electron chi connectivity index (χ3n) is 4.63. The quantitative estimate of drug-likeness (QED) is 0.615. The maximum atomic E-state index is 11.5. The fraction of sp³-hybridized carbons (Fsp3) is 0.438. The van der Waals surface area contributed by atoms with E-state index in [1.54, 1.807) is 16.9 Å². The van der Waals surface area contributed by atoms with Crippen LogP contribution in [0, 0.1) is 10.1 Å². The highest BCUT2D eigenvalue weighted by Crippen LogP contribution is 2.52. The van der Waals surface area contributed by atoms with E-state index in [2.05, 4.69) is 21.9 Å². The number of piperazine rings is 1. The predicted molar refractivity (Wildman–Crippen MR) is 91.1 cm³/mol. The van der Waals surface area contributed by atoms with Crippen LogP contribution in [0.25, 0.3) is 11.1 Å². The van der Waals surface area contributed by atoms with Crippen LogP contribution in [0.4, 0.5) is 11.4 Å². The molecule has 1 aromatic carbocycles. The van der Waals surface area contributed by atoms with Gasteiger partial charge in [0.15, 0.2) is 5.75 Å². The van der Waals surface area contributed by atoms with Gasteiger partial charge in [0.25, 0.3) is 0 Å². The number of benzene rings is 1. The summed E-state index contributed by atoms with van der Waals surface area (Å²) in [5.41, 5.74) is 2.33. The maximum Gasteiger partial charge on any atom is 0.315 e. The molecule has 0 unspecified atom stereocenters. The molecule has 9 nitrogen and oxygen atoms in total. The fourth-order valence-electron chi connectivity index (χ4n) is 3.30. The molecule has 1 saturated heterocycles. The van der Waals surface area contributed by atoms with Gasteiger partial charge in [0.2, 0.25) is 12.5 Å². The fourth-order valence-corrected chi connectivity index (χ4v) is 3.30. The third-order valence-corrected chi connectivity index (χ3v) is 4.63. The molecule has 2 aliphatic heterocycles. The molecule has 1 fully saturated rings. The Balaban J connectivity index is 1.91. The Morgan fingerprint density at radius 3 is 2.52 bits per heavy atom. The first kappa shape index (κ1) is 15.7. The minimum Gasteiger partial charge on any atom is -0.451 e. The average Bonchev–Trinajstić information content (AvgIpc) is 3.23.